The Kier molecular flexibility index (Phi) is 9.38. The molecule has 13 heteroatoms. The van der Waals surface area contributed by atoms with Crippen LogP contribution in [0, 0.1) is 0 Å². The molecule has 11 nitrogen and oxygen atoms in total. The van der Waals surface area contributed by atoms with Crippen molar-refractivity contribution in [1.29, 1.82) is 0 Å². The Morgan fingerprint density at radius 1 is 0.896 bits per heavy atom. The number of nitrogens with zero attached hydrogens (tertiary/aromatic N) is 4. The number of likely N-dealkylation sites (N-methyl/N-ethyl adjacent to an activating group) is 1. The van der Waals surface area contributed by atoms with Gasteiger partial charge >= 0.3 is 0 Å². The number of halogens is 1. The van der Waals surface area contributed by atoms with Crippen molar-refractivity contribution >= 4 is 39.1 Å². The smallest absolute Gasteiger partial charge is 0.274 e. The number of carbonyl (C=O) groups is 2. The molecule has 48 heavy (non-hydrogen) atoms. The Labute approximate surface area is 286 Å². The third kappa shape index (κ3) is 5.48. The van der Waals surface area contributed by atoms with Crippen LogP contribution >= 0.6 is 11.6 Å². The van der Waals surface area contributed by atoms with E-state index < -0.39 is 27.5 Å². The van der Waals surface area contributed by atoms with Crippen molar-refractivity contribution in [2.24, 2.45) is 0 Å². The molecule has 0 aromatic heterocycles. The Balaban J connectivity index is 1.62. The number of fused-ring (bicyclic) bond motifs is 1. The first-order chi connectivity index (χ1) is 23.0. The number of likely N-dealkylation sites (tertiary alicyclic amines) is 2. The van der Waals surface area contributed by atoms with Crippen LogP contribution < -0.4 is 18.5 Å². The van der Waals surface area contributed by atoms with E-state index in [1.165, 1.54) is 50.5 Å². The molecule has 6 rings (SSSR count). The van der Waals surface area contributed by atoms with Gasteiger partial charge in [-0.25, -0.2) is 12.7 Å². The van der Waals surface area contributed by atoms with Crippen LogP contribution in [0.5, 0.6) is 17.2 Å². The van der Waals surface area contributed by atoms with E-state index >= 15 is 4.79 Å². The SMILES string of the molecule is COc1ccc(S(=O)(=O)N2C(=O)[C@](c3ccc(CN4CCCC4)cc3OC)(N3CCCC3C(=O)N(C)C)c3cc(Cl)ccc32)c(OC)c1. The topological polar surface area (TPSA) is 109 Å². The third-order valence-electron chi connectivity index (χ3n) is 9.62. The summed E-state index contributed by atoms with van der Waals surface area (Å²) in [5, 5.41) is 0.312. The normalized spacial score (nSPS) is 21.4. The number of methoxy groups -OCH3 is 3. The molecule has 2 amide bonds. The van der Waals surface area contributed by atoms with Crippen molar-refractivity contribution < 1.29 is 32.2 Å². The molecule has 0 radical (unpaired) electrons. The maximum atomic E-state index is 15.5. The van der Waals surface area contributed by atoms with E-state index in [0.717, 1.165) is 35.8 Å². The lowest BCUT2D eigenvalue weighted by Crippen LogP contribution is -2.59. The van der Waals surface area contributed by atoms with Gasteiger partial charge in [-0.3, -0.25) is 19.4 Å². The molecular formula is C35H41ClN4O7S. The molecular weight excluding hydrogens is 656 g/mol. The van der Waals surface area contributed by atoms with Crippen LogP contribution in [0.25, 0.3) is 0 Å². The summed E-state index contributed by atoms with van der Waals surface area (Å²) in [5.74, 6) is -0.135. The minimum Gasteiger partial charge on any atom is -0.497 e. The number of benzene rings is 3. The summed E-state index contributed by atoms with van der Waals surface area (Å²) in [5.41, 5.74) is 0.131. The fourth-order valence-electron chi connectivity index (χ4n) is 7.42. The number of carbonyl (C=O) groups excluding carboxylic acids is 2. The van der Waals surface area contributed by atoms with E-state index in [1.54, 1.807) is 26.2 Å². The van der Waals surface area contributed by atoms with Gasteiger partial charge in [-0.2, -0.15) is 0 Å². The van der Waals surface area contributed by atoms with Gasteiger partial charge in [0.05, 0.1) is 33.1 Å². The number of rotatable bonds is 10. The Morgan fingerprint density at radius 3 is 2.29 bits per heavy atom. The molecule has 0 bridgehead atoms. The molecule has 256 valence electrons. The van der Waals surface area contributed by atoms with Gasteiger partial charge in [-0.15, -0.1) is 0 Å². The van der Waals surface area contributed by atoms with Crippen LogP contribution in [-0.4, -0.2) is 96.0 Å². The quantitative estimate of drug-likeness (QED) is 0.303. The molecule has 3 aromatic rings. The summed E-state index contributed by atoms with van der Waals surface area (Å²) in [6, 6.07) is 14.0. The molecule has 1 unspecified atom stereocenters. The average Bonchev–Trinajstić information content (AvgIpc) is 3.83. The molecule has 0 saturated carbocycles. The maximum absolute atomic E-state index is 15.5. The largest absolute Gasteiger partial charge is 0.497 e. The second kappa shape index (κ2) is 13.2. The molecule has 2 saturated heterocycles. The van der Waals surface area contributed by atoms with E-state index in [9.17, 15) is 13.2 Å². The molecule has 2 atom stereocenters. The first-order valence-electron chi connectivity index (χ1n) is 16.0. The highest BCUT2D eigenvalue weighted by molar-refractivity contribution is 7.93. The average molecular weight is 697 g/mol. The molecule has 0 spiro atoms. The fourth-order valence-corrected chi connectivity index (χ4v) is 9.19. The molecule has 3 aromatic carbocycles. The number of sulfonamides is 1. The lowest BCUT2D eigenvalue weighted by atomic mass is 9.80. The van der Waals surface area contributed by atoms with Gasteiger partial charge < -0.3 is 19.1 Å². The lowest BCUT2D eigenvalue weighted by molar-refractivity contribution is -0.138. The van der Waals surface area contributed by atoms with E-state index in [0.29, 0.717) is 53.6 Å². The highest BCUT2D eigenvalue weighted by atomic mass is 35.5. The van der Waals surface area contributed by atoms with Crippen molar-refractivity contribution in [3.63, 3.8) is 0 Å². The van der Waals surface area contributed by atoms with Gasteiger partial charge in [-0.05, 0) is 80.7 Å². The summed E-state index contributed by atoms with van der Waals surface area (Å²) < 4.78 is 47.1. The maximum Gasteiger partial charge on any atom is 0.274 e. The fraction of sp³-hybridized carbons (Fsp3) is 0.429. The first kappa shape index (κ1) is 34.0. The van der Waals surface area contributed by atoms with Crippen molar-refractivity contribution in [3.8, 4) is 17.2 Å². The van der Waals surface area contributed by atoms with Crippen molar-refractivity contribution in [1.82, 2.24) is 14.7 Å². The number of ether oxygens (including phenoxy) is 3. The van der Waals surface area contributed by atoms with E-state index in [-0.39, 0.29) is 22.2 Å². The highest BCUT2D eigenvalue weighted by Gasteiger charge is 2.63. The molecule has 3 aliphatic heterocycles. The number of anilines is 1. The van der Waals surface area contributed by atoms with Gasteiger partial charge in [0.25, 0.3) is 15.9 Å². The second-order valence-electron chi connectivity index (χ2n) is 12.6. The monoisotopic (exact) mass is 696 g/mol. The zero-order valence-electron chi connectivity index (χ0n) is 27.9. The van der Waals surface area contributed by atoms with E-state index in [1.807, 2.05) is 23.1 Å². The zero-order valence-corrected chi connectivity index (χ0v) is 29.4. The molecule has 0 aliphatic carbocycles. The Bertz CT molecular complexity index is 1850. The van der Waals surface area contributed by atoms with Crippen LogP contribution in [0.3, 0.4) is 0 Å². The predicted octanol–water partition coefficient (Wildman–Crippen LogP) is 4.49. The Morgan fingerprint density at radius 2 is 1.62 bits per heavy atom. The van der Waals surface area contributed by atoms with Gasteiger partial charge in [0, 0.05) is 49.4 Å². The molecule has 3 heterocycles. The van der Waals surface area contributed by atoms with Crippen LogP contribution in [0.15, 0.2) is 59.5 Å². The molecule has 3 aliphatic rings. The van der Waals surface area contributed by atoms with E-state index in [2.05, 4.69) is 4.90 Å². The number of hydrogen-bond acceptors (Lipinski definition) is 9. The van der Waals surface area contributed by atoms with Gasteiger partial charge in [0.1, 0.15) is 22.1 Å². The minimum atomic E-state index is -4.60. The predicted molar refractivity (Wildman–Crippen MR) is 182 cm³/mol. The minimum absolute atomic E-state index is 0.0147. The number of amides is 2. The van der Waals surface area contributed by atoms with Crippen molar-refractivity contribution in [3.05, 3.63) is 76.3 Å². The van der Waals surface area contributed by atoms with Gasteiger partial charge in [0.15, 0.2) is 5.54 Å². The van der Waals surface area contributed by atoms with E-state index in [4.69, 9.17) is 25.8 Å². The summed E-state index contributed by atoms with van der Waals surface area (Å²) in [6.45, 7) is 3.06. The van der Waals surface area contributed by atoms with Crippen molar-refractivity contribution in [2.45, 2.75) is 48.7 Å². The van der Waals surface area contributed by atoms with Crippen LogP contribution in [0.4, 0.5) is 5.69 Å². The Hall–Kier alpha value is -3.84. The summed E-state index contributed by atoms with van der Waals surface area (Å²) in [7, 11) is 3.11. The molecule has 2 fully saturated rings. The van der Waals surface area contributed by atoms with Gasteiger partial charge in [-0.1, -0.05) is 23.7 Å². The van der Waals surface area contributed by atoms with Crippen LogP contribution in [0.2, 0.25) is 5.02 Å². The second-order valence-corrected chi connectivity index (χ2v) is 14.8. The van der Waals surface area contributed by atoms with Crippen LogP contribution in [0.1, 0.15) is 42.4 Å². The van der Waals surface area contributed by atoms with Crippen LogP contribution in [-0.2, 0) is 31.7 Å². The third-order valence-corrected chi connectivity index (χ3v) is 11.6. The summed E-state index contributed by atoms with van der Waals surface area (Å²) >= 11 is 6.65. The summed E-state index contributed by atoms with van der Waals surface area (Å²) in [4.78, 5) is 34.8. The summed E-state index contributed by atoms with van der Waals surface area (Å²) in [6.07, 6.45) is 3.38. The van der Waals surface area contributed by atoms with Crippen molar-refractivity contribution in [2.75, 3.05) is 59.4 Å². The standard InChI is InChI=1S/C35H41ClN4O7S/c1-37(2)33(41)29-9-8-18-39(29)35(26-13-10-23(19-30(26)46-4)22-38-16-6-7-17-38)27-20-24(36)11-14-28(27)40(34(35)42)48(43,44)32-15-12-25(45-3)21-31(32)47-5/h10-15,19-21,29H,6-9,16-18,22H2,1-5H3/t29?,35-/m1/s1. The number of hydrogen-bond donors (Lipinski definition) is 0. The zero-order chi connectivity index (χ0) is 34.4. The lowest BCUT2D eigenvalue weighted by Gasteiger charge is -2.42. The molecule has 0 N–H and O–H groups in total. The first-order valence-corrected chi connectivity index (χ1v) is 17.8. The van der Waals surface area contributed by atoms with Gasteiger partial charge in [0.2, 0.25) is 5.91 Å². The highest BCUT2D eigenvalue weighted by Crippen LogP contribution is 2.55.